The number of carbonyl (C=O) groups is 2. The van der Waals surface area contributed by atoms with Crippen molar-refractivity contribution in [2.24, 2.45) is 0 Å². The van der Waals surface area contributed by atoms with Gasteiger partial charge in [-0.2, -0.15) is 0 Å². The van der Waals surface area contributed by atoms with E-state index in [1.807, 2.05) is 20.8 Å². The average Bonchev–Trinajstić information content (AvgIpc) is 2.50. The first-order valence-corrected chi connectivity index (χ1v) is 9.45. The molecule has 0 aromatic heterocycles. The van der Waals surface area contributed by atoms with Gasteiger partial charge in [0.15, 0.2) is 0 Å². The average molecular weight is 377 g/mol. The lowest BCUT2D eigenvalue weighted by molar-refractivity contribution is -0.139. The van der Waals surface area contributed by atoms with E-state index in [0.29, 0.717) is 31.5 Å². The molecule has 144 valence electrons. The molecular weight excluding hydrogens is 349 g/mol. The van der Waals surface area contributed by atoms with Gasteiger partial charge >= 0.3 is 20.3 Å². The Morgan fingerprint density at radius 1 is 1.20 bits per heavy atom. The van der Waals surface area contributed by atoms with Gasteiger partial charge in [-0.1, -0.05) is 6.58 Å². The van der Waals surface area contributed by atoms with Crippen LogP contribution in [0.4, 0.5) is 4.79 Å². The zero-order chi connectivity index (χ0) is 19.0. The standard InChI is InChI=1S/C16H28NO7P/c1-12(2)14(18)21-10-11-22-25(20)24-13-6-8-17(9-7-13)15(19)23-16(3,4)5/h13,25H,1,6-11H2,2-5H3. The van der Waals surface area contributed by atoms with E-state index in [9.17, 15) is 14.2 Å². The number of hydrogen-bond acceptors (Lipinski definition) is 7. The summed E-state index contributed by atoms with van der Waals surface area (Å²) in [6.45, 7) is 11.4. The highest BCUT2D eigenvalue weighted by Gasteiger charge is 2.28. The Morgan fingerprint density at radius 3 is 2.32 bits per heavy atom. The van der Waals surface area contributed by atoms with Crippen LogP contribution in [0.2, 0.25) is 0 Å². The molecule has 1 amide bonds. The van der Waals surface area contributed by atoms with E-state index in [1.165, 1.54) is 0 Å². The Kier molecular flexibility index (Phi) is 8.62. The highest BCUT2D eigenvalue weighted by Crippen LogP contribution is 2.30. The van der Waals surface area contributed by atoms with E-state index in [2.05, 4.69) is 6.58 Å². The molecule has 1 rings (SSSR count). The maximum absolute atomic E-state index is 12.0. The van der Waals surface area contributed by atoms with Crippen molar-refractivity contribution in [1.82, 2.24) is 4.90 Å². The van der Waals surface area contributed by atoms with Gasteiger partial charge in [0.25, 0.3) is 0 Å². The van der Waals surface area contributed by atoms with Crippen LogP contribution >= 0.6 is 8.25 Å². The number of carbonyl (C=O) groups excluding carboxylic acids is 2. The lowest BCUT2D eigenvalue weighted by Crippen LogP contribution is -2.43. The molecule has 1 aliphatic rings. The van der Waals surface area contributed by atoms with Crippen molar-refractivity contribution >= 4 is 20.3 Å². The highest BCUT2D eigenvalue weighted by atomic mass is 31.1. The molecule has 1 unspecified atom stereocenters. The number of amides is 1. The molecule has 0 spiro atoms. The molecule has 0 bridgehead atoms. The second kappa shape index (κ2) is 9.94. The lowest BCUT2D eigenvalue weighted by Gasteiger charge is -2.33. The zero-order valence-electron chi connectivity index (χ0n) is 15.3. The molecule has 1 saturated heterocycles. The summed E-state index contributed by atoms with van der Waals surface area (Å²) in [6, 6.07) is 0. The molecular formula is C16H28NO7P. The van der Waals surface area contributed by atoms with Crippen LogP contribution < -0.4 is 0 Å². The first-order chi connectivity index (χ1) is 11.6. The van der Waals surface area contributed by atoms with Gasteiger partial charge in [-0.05, 0) is 40.5 Å². The maximum Gasteiger partial charge on any atom is 0.410 e. The van der Waals surface area contributed by atoms with E-state index in [0.717, 1.165) is 0 Å². The third kappa shape index (κ3) is 9.05. The van der Waals surface area contributed by atoms with Crippen LogP contribution in [0.15, 0.2) is 12.2 Å². The van der Waals surface area contributed by atoms with Gasteiger partial charge in [0.05, 0.1) is 12.7 Å². The van der Waals surface area contributed by atoms with Crippen LogP contribution in [0.25, 0.3) is 0 Å². The van der Waals surface area contributed by atoms with Crippen LogP contribution in [0.5, 0.6) is 0 Å². The lowest BCUT2D eigenvalue weighted by atomic mass is 10.1. The minimum Gasteiger partial charge on any atom is -0.460 e. The van der Waals surface area contributed by atoms with E-state index in [1.54, 1.807) is 11.8 Å². The third-order valence-electron chi connectivity index (χ3n) is 3.24. The van der Waals surface area contributed by atoms with Crippen molar-refractivity contribution in [3.8, 4) is 0 Å². The zero-order valence-corrected chi connectivity index (χ0v) is 16.3. The summed E-state index contributed by atoms with van der Waals surface area (Å²) in [4.78, 5) is 24.7. The topological polar surface area (TPSA) is 91.4 Å². The third-order valence-corrected chi connectivity index (χ3v) is 4.21. The van der Waals surface area contributed by atoms with Gasteiger partial charge < -0.3 is 23.4 Å². The monoisotopic (exact) mass is 377 g/mol. The SMILES string of the molecule is C=C(C)C(=O)OCCO[PH](=O)OC1CCN(C(=O)OC(C)(C)C)CC1. The van der Waals surface area contributed by atoms with Crippen LogP contribution in [0, 0.1) is 0 Å². The molecule has 1 heterocycles. The number of ether oxygens (including phenoxy) is 2. The summed E-state index contributed by atoms with van der Waals surface area (Å²) in [5.74, 6) is -0.515. The summed E-state index contributed by atoms with van der Waals surface area (Å²) in [5, 5.41) is 0. The van der Waals surface area contributed by atoms with E-state index in [4.69, 9.17) is 18.5 Å². The van der Waals surface area contributed by atoms with Crippen molar-refractivity contribution in [2.75, 3.05) is 26.3 Å². The second-order valence-corrected chi connectivity index (χ2v) is 7.82. The fourth-order valence-electron chi connectivity index (χ4n) is 2.04. The second-order valence-electron chi connectivity index (χ2n) is 6.80. The number of rotatable bonds is 7. The van der Waals surface area contributed by atoms with E-state index >= 15 is 0 Å². The summed E-state index contributed by atoms with van der Waals surface area (Å²) in [7, 11) is -2.67. The first-order valence-electron chi connectivity index (χ1n) is 8.22. The molecule has 0 aliphatic carbocycles. The molecule has 0 N–H and O–H groups in total. The summed E-state index contributed by atoms with van der Waals surface area (Å²) in [6.07, 6.45) is 0.532. The van der Waals surface area contributed by atoms with Gasteiger partial charge in [0.1, 0.15) is 12.2 Å². The smallest absolute Gasteiger partial charge is 0.410 e. The number of nitrogens with zero attached hydrogens (tertiary/aromatic N) is 1. The molecule has 1 atom stereocenters. The fourth-order valence-corrected chi connectivity index (χ4v) is 2.86. The predicted octanol–water partition coefficient (Wildman–Crippen LogP) is 2.93. The van der Waals surface area contributed by atoms with Crippen LogP contribution in [-0.2, 0) is 27.9 Å². The summed E-state index contributed by atoms with van der Waals surface area (Å²) in [5.41, 5.74) is -0.238. The van der Waals surface area contributed by atoms with Gasteiger partial charge in [-0.15, -0.1) is 0 Å². The van der Waals surface area contributed by atoms with Gasteiger partial charge in [-0.3, -0.25) is 4.57 Å². The van der Waals surface area contributed by atoms with Gasteiger partial charge in [0, 0.05) is 18.7 Å². The Bertz CT molecular complexity index is 507. The number of esters is 1. The molecule has 0 radical (unpaired) electrons. The maximum atomic E-state index is 12.0. The van der Waals surface area contributed by atoms with E-state index in [-0.39, 0.29) is 25.4 Å². The Labute approximate surface area is 149 Å². The van der Waals surface area contributed by atoms with Crippen molar-refractivity contribution in [1.29, 1.82) is 0 Å². The van der Waals surface area contributed by atoms with Crippen LogP contribution in [-0.4, -0.2) is 55.0 Å². The summed E-state index contributed by atoms with van der Waals surface area (Å²) >= 11 is 0. The minimum absolute atomic E-state index is 0.00638. The van der Waals surface area contributed by atoms with Crippen molar-refractivity contribution in [3.05, 3.63) is 12.2 Å². The molecule has 25 heavy (non-hydrogen) atoms. The van der Waals surface area contributed by atoms with Crippen molar-refractivity contribution in [2.45, 2.75) is 52.2 Å². The molecule has 0 saturated carbocycles. The molecule has 8 nitrogen and oxygen atoms in total. The van der Waals surface area contributed by atoms with Crippen molar-refractivity contribution in [3.63, 3.8) is 0 Å². The fraction of sp³-hybridized carbons (Fsp3) is 0.750. The largest absolute Gasteiger partial charge is 0.460 e. The Hall–Kier alpha value is -1.37. The van der Waals surface area contributed by atoms with E-state index < -0.39 is 19.8 Å². The highest BCUT2D eigenvalue weighted by molar-refractivity contribution is 7.33. The normalized spacial score (nSPS) is 17.0. The molecule has 9 heteroatoms. The Balaban J connectivity index is 2.21. The molecule has 0 aromatic carbocycles. The first kappa shape index (κ1) is 21.7. The van der Waals surface area contributed by atoms with Gasteiger partial charge in [0.2, 0.25) is 0 Å². The molecule has 1 fully saturated rings. The number of hydrogen-bond donors (Lipinski definition) is 0. The minimum atomic E-state index is -2.67. The van der Waals surface area contributed by atoms with Crippen LogP contribution in [0.3, 0.4) is 0 Å². The van der Waals surface area contributed by atoms with Gasteiger partial charge in [-0.25, -0.2) is 9.59 Å². The van der Waals surface area contributed by atoms with Crippen LogP contribution in [0.1, 0.15) is 40.5 Å². The molecule has 0 aromatic rings. The number of likely N-dealkylation sites (tertiary alicyclic amines) is 1. The van der Waals surface area contributed by atoms with Crippen molar-refractivity contribution < 1.29 is 32.7 Å². The predicted molar refractivity (Wildman–Crippen MR) is 92.6 cm³/mol. The molecule has 1 aliphatic heterocycles. The Morgan fingerprint density at radius 2 is 1.80 bits per heavy atom. The number of piperidine rings is 1. The quantitative estimate of drug-likeness (QED) is 0.291. The summed E-state index contributed by atoms with van der Waals surface area (Å²) < 4.78 is 32.3.